The van der Waals surface area contributed by atoms with Crippen molar-refractivity contribution in [3.63, 3.8) is 0 Å². The first-order valence-electron chi connectivity index (χ1n) is 8.70. The minimum atomic E-state index is -3.69. The van der Waals surface area contributed by atoms with Gasteiger partial charge in [0.1, 0.15) is 0 Å². The van der Waals surface area contributed by atoms with Gasteiger partial charge in [0.05, 0.1) is 11.5 Å². The normalized spacial score (nSPS) is 18.4. The fourth-order valence-corrected chi connectivity index (χ4v) is 4.25. The van der Waals surface area contributed by atoms with Crippen molar-refractivity contribution in [3.05, 3.63) is 77.4 Å². The third-order valence-corrected chi connectivity index (χ3v) is 6.31. The number of sulfonamides is 1. The molecule has 0 radical (unpaired) electrons. The highest BCUT2D eigenvalue weighted by Gasteiger charge is 2.38. The second kappa shape index (κ2) is 6.20. The van der Waals surface area contributed by atoms with Crippen LogP contribution in [0.1, 0.15) is 36.0 Å². The number of hydrogen-bond acceptors (Lipinski definition) is 3. The van der Waals surface area contributed by atoms with Crippen molar-refractivity contribution < 1.29 is 13.5 Å². The van der Waals surface area contributed by atoms with Gasteiger partial charge in [0, 0.05) is 5.41 Å². The Labute approximate surface area is 153 Å². The molecule has 0 unspecified atom stereocenters. The number of benzene rings is 2. The zero-order chi connectivity index (χ0) is 18.4. The Morgan fingerprint density at radius 1 is 0.885 bits per heavy atom. The highest BCUT2D eigenvalue weighted by molar-refractivity contribution is 7.89. The highest BCUT2D eigenvalue weighted by atomic mass is 32.2. The van der Waals surface area contributed by atoms with Crippen molar-refractivity contribution >= 4 is 21.2 Å². The molecule has 4 nitrogen and oxygen atoms in total. The molecule has 0 amide bonds. The minimum Gasteiger partial charge on any atom is -0.392 e. The van der Waals surface area contributed by atoms with Crippen LogP contribution in [0.25, 0.3) is 11.1 Å². The Bertz CT molecular complexity index is 996. The third-order valence-electron chi connectivity index (χ3n) is 5.38. The van der Waals surface area contributed by atoms with Crippen molar-refractivity contribution in [2.24, 2.45) is 10.6 Å². The van der Waals surface area contributed by atoms with Crippen molar-refractivity contribution in [2.45, 2.75) is 30.8 Å². The summed E-state index contributed by atoms with van der Waals surface area (Å²) in [5.41, 5.74) is 5.39. The lowest BCUT2D eigenvalue weighted by Crippen LogP contribution is -2.22. The Hall–Kier alpha value is -2.21. The summed E-state index contributed by atoms with van der Waals surface area (Å²) >= 11 is 0. The van der Waals surface area contributed by atoms with Gasteiger partial charge in [0.15, 0.2) is 0 Å². The van der Waals surface area contributed by atoms with E-state index in [1.807, 2.05) is 36.4 Å². The first kappa shape index (κ1) is 17.2. The average Bonchev–Trinajstić information content (AvgIpc) is 3.03. The summed E-state index contributed by atoms with van der Waals surface area (Å²) in [6, 6.07) is 14.7. The van der Waals surface area contributed by atoms with Crippen LogP contribution < -0.4 is 5.14 Å². The Morgan fingerprint density at radius 2 is 1.38 bits per heavy atom. The summed E-state index contributed by atoms with van der Waals surface area (Å²) in [5.74, 6) is 0. The highest BCUT2D eigenvalue weighted by Crippen LogP contribution is 2.53. The Kier molecular flexibility index (Phi) is 4.10. The van der Waals surface area contributed by atoms with E-state index in [4.69, 9.17) is 5.14 Å². The molecule has 2 aromatic carbocycles. The molecular formula is C21H21NO3S. The van der Waals surface area contributed by atoms with E-state index in [2.05, 4.69) is 12.2 Å². The monoisotopic (exact) mass is 367 g/mol. The van der Waals surface area contributed by atoms with E-state index in [1.165, 1.54) is 6.42 Å². The van der Waals surface area contributed by atoms with Crippen LogP contribution in [0, 0.1) is 5.41 Å². The van der Waals surface area contributed by atoms with E-state index in [9.17, 15) is 13.5 Å². The van der Waals surface area contributed by atoms with E-state index in [0.717, 1.165) is 40.7 Å². The van der Waals surface area contributed by atoms with Crippen LogP contribution in [-0.4, -0.2) is 13.5 Å². The van der Waals surface area contributed by atoms with Gasteiger partial charge in [-0.3, -0.25) is 0 Å². The lowest BCUT2D eigenvalue weighted by molar-refractivity contribution is 0.281. The fourth-order valence-electron chi connectivity index (χ4n) is 3.74. The van der Waals surface area contributed by atoms with Crippen LogP contribution in [0.3, 0.4) is 0 Å². The zero-order valence-corrected chi connectivity index (χ0v) is 15.2. The molecule has 1 fully saturated rings. The molecule has 0 heterocycles. The maximum absolute atomic E-state index is 11.5. The number of aliphatic hydroxyl groups excluding tert-OH is 1. The maximum Gasteiger partial charge on any atom is 0.238 e. The molecule has 2 aromatic rings. The summed E-state index contributed by atoms with van der Waals surface area (Å²) < 4.78 is 23.0. The standard InChI is InChI=1S/C21H21NO3S/c22-26(24,25)18-8-6-17(7-9-18)20-13-21(10-1-11-21)12-19(20)16-4-2-15(14-23)3-5-16/h2-9,12-13,23H,1,10-11,14H2,(H2,22,24,25). The van der Waals surface area contributed by atoms with Crippen LogP contribution >= 0.6 is 0 Å². The summed E-state index contributed by atoms with van der Waals surface area (Å²) in [6.07, 6.45) is 8.17. The predicted octanol–water partition coefficient (Wildman–Crippen LogP) is 3.48. The van der Waals surface area contributed by atoms with Crippen molar-refractivity contribution in [3.8, 4) is 0 Å². The lowest BCUT2D eigenvalue weighted by Gasteiger charge is -2.34. The van der Waals surface area contributed by atoms with Gasteiger partial charge in [-0.05, 0) is 52.8 Å². The molecule has 1 spiro atoms. The van der Waals surface area contributed by atoms with Gasteiger partial charge < -0.3 is 5.11 Å². The molecule has 4 rings (SSSR count). The van der Waals surface area contributed by atoms with Gasteiger partial charge in [0.25, 0.3) is 0 Å². The fraction of sp³-hybridized carbons (Fsp3) is 0.238. The molecule has 0 aliphatic heterocycles. The van der Waals surface area contributed by atoms with E-state index in [1.54, 1.807) is 12.1 Å². The van der Waals surface area contributed by atoms with Crippen LogP contribution in [0.4, 0.5) is 0 Å². The number of hydrogen-bond donors (Lipinski definition) is 2. The predicted molar refractivity (Wildman–Crippen MR) is 102 cm³/mol. The molecular weight excluding hydrogens is 346 g/mol. The topological polar surface area (TPSA) is 80.4 Å². The van der Waals surface area contributed by atoms with E-state index in [-0.39, 0.29) is 16.9 Å². The quantitative estimate of drug-likeness (QED) is 0.868. The molecule has 0 aromatic heterocycles. The van der Waals surface area contributed by atoms with Crippen molar-refractivity contribution in [1.82, 2.24) is 0 Å². The molecule has 134 valence electrons. The summed E-state index contributed by atoms with van der Waals surface area (Å²) in [7, 11) is -3.69. The van der Waals surface area contributed by atoms with Crippen molar-refractivity contribution in [1.29, 1.82) is 0 Å². The Morgan fingerprint density at radius 3 is 1.77 bits per heavy atom. The van der Waals surface area contributed by atoms with Crippen LogP contribution in [0.2, 0.25) is 0 Å². The molecule has 2 aliphatic carbocycles. The molecule has 5 heteroatoms. The smallest absolute Gasteiger partial charge is 0.238 e. The molecule has 0 atom stereocenters. The molecule has 2 aliphatic rings. The number of aliphatic hydroxyl groups is 1. The first-order valence-corrected chi connectivity index (χ1v) is 10.2. The zero-order valence-electron chi connectivity index (χ0n) is 14.4. The summed E-state index contributed by atoms with van der Waals surface area (Å²) in [4.78, 5) is 0.121. The second-order valence-electron chi connectivity index (χ2n) is 7.13. The van der Waals surface area contributed by atoms with E-state index in [0.29, 0.717) is 0 Å². The summed E-state index contributed by atoms with van der Waals surface area (Å²) in [5, 5.41) is 14.5. The van der Waals surface area contributed by atoms with Crippen LogP contribution in [0.5, 0.6) is 0 Å². The van der Waals surface area contributed by atoms with Gasteiger partial charge in [0.2, 0.25) is 10.0 Å². The molecule has 0 bridgehead atoms. The van der Waals surface area contributed by atoms with Gasteiger partial charge in [-0.25, -0.2) is 13.6 Å². The van der Waals surface area contributed by atoms with Gasteiger partial charge in [-0.1, -0.05) is 55.0 Å². The maximum atomic E-state index is 11.5. The molecule has 3 N–H and O–H groups in total. The third kappa shape index (κ3) is 3.03. The van der Waals surface area contributed by atoms with Gasteiger partial charge in [-0.2, -0.15) is 0 Å². The summed E-state index contributed by atoms with van der Waals surface area (Å²) in [6.45, 7) is 0.0288. The average molecular weight is 367 g/mol. The Balaban J connectivity index is 1.75. The number of primary sulfonamides is 1. The number of allylic oxidation sites excluding steroid dienone is 4. The number of nitrogens with two attached hydrogens (primary N) is 1. The van der Waals surface area contributed by atoms with Crippen LogP contribution in [0.15, 0.2) is 65.6 Å². The van der Waals surface area contributed by atoms with Gasteiger partial charge in [-0.15, -0.1) is 0 Å². The van der Waals surface area contributed by atoms with Crippen molar-refractivity contribution in [2.75, 3.05) is 0 Å². The van der Waals surface area contributed by atoms with Gasteiger partial charge >= 0.3 is 0 Å². The SMILES string of the molecule is NS(=O)(=O)c1ccc(C2=CC3(C=C2c2ccc(CO)cc2)CCC3)cc1. The first-order chi connectivity index (χ1) is 12.4. The van der Waals surface area contributed by atoms with Crippen LogP contribution in [-0.2, 0) is 16.6 Å². The largest absolute Gasteiger partial charge is 0.392 e. The van der Waals surface area contributed by atoms with E-state index >= 15 is 0 Å². The minimum absolute atomic E-state index is 0.0288. The molecule has 1 saturated carbocycles. The lowest BCUT2D eigenvalue weighted by atomic mass is 9.70. The molecule has 26 heavy (non-hydrogen) atoms. The van der Waals surface area contributed by atoms with E-state index < -0.39 is 10.0 Å². The number of rotatable bonds is 4. The second-order valence-corrected chi connectivity index (χ2v) is 8.69. The molecule has 0 saturated heterocycles.